The molecule has 6 nitrogen and oxygen atoms in total. The molecule has 7 heteroatoms. The van der Waals surface area contributed by atoms with E-state index in [2.05, 4.69) is 10.2 Å². The van der Waals surface area contributed by atoms with E-state index >= 15 is 0 Å². The van der Waals surface area contributed by atoms with Gasteiger partial charge in [0.05, 0.1) is 6.42 Å². The average Bonchev–Trinajstić information content (AvgIpc) is 2.39. The summed E-state index contributed by atoms with van der Waals surface area (Å²) < 4.78 is 1.91. The van der Waals surface area contributed by atoms with Gasteiger partial charge in [-0.2, -0.15) is 5.10 Å². The molecule has 104 valence electrons. The molecule has 0 radical (unpaired) electrons. The molecule has 1 aliphatic carbocycles. The molecule has 1 saturated carbocycles. The Morgan fingerprint density at radius 3 is 2.74 bits per heavy atom. The standard InChI is InChI=1S/C12H17N3O3S/c16-10(17)7-6-9-11(18)15(12(19)14-13-9)8-4-2-1-3-5-8/h8H,1-7H2,(H,14,19)(H,16,17). The maximum Gasteiger partial charge on any atom is 0.303 e. The van der Waals surface area contributed by atoms with Crippen molar-refractivity contribution in [2.75, 3.05) is 0 Å². The van der Waals surface area contributed by atoms with Crippen LogP contribution in [0.3, 0.4) is 0 Å². The predicted octanol–water partition coefficient (Wildman–Crippen LogP) is 1.82. The van der Waals surface area contributed by atoms with Crippen LogP contribution in [0, 0.1) is 4.77 Å². The van der Waals surface area contributed by atoms with Gasteiger partial charge in [-0.25, -0.2) is 0 Å². The highest BCUT2D eigenvalue weighted by Gasteiger charge is 2.19. The van der Waals surface area contributed by atoms with Crippen molar-refractivity contribution in [2.24, 2.45) is 0 Å². The third-order valence-corrected chi connectivity index (χ3v) is 3.77. The van der Waals surface area contributed by atoms with E-state index in [1.807, 2.05) is 0 Å². The Bertz CT molecular complexity index is 572. The van der Waals surface area contributed by atoms with Crippen LogP contribution in [0.4, 0.5) is 0 Å². The molecule has 1 heterocycles. The van der Waals surface area contributed by atoms with Gasteiger partial charge in [0.1, 0.15) is 5.69 Å². The summed E-state index contributed by atoms with van der Waals surface area (Å²) in [5, 5.41) is 15.2. The summed E-state index contributed by atoms with van der Waals surface area (Å²) in [5.74, 6) is -0.937. The van der Waals surface area contributed by atoms with Crippen molar-refractivity contribution in [3.8, 4) is 0 Å². The van der Waals surface area contributed by atoms with Gasteiger partial charge >= 0.3 is 5.97 Å². The summed E-state index contributed by atoms with van der Waals surface area (Å²) in [7, 11) is 0. The summed E-state index contributed by atoms with van der Waals surface area (Å²) >= 11 is 5.14. The molecular weight excluding hydrogens is 266 g/mol. The number of aromatic nitrogens is 3. The van der Waals surface area contributed by atoms with Crippen molar-refractivity contribution in [1.29, 1.82) is 0 Å². The minimum absolute atomic E-state index is 0.0997. The summed E-state index contributed by atoms with van der Waals surface area (Å²) in [4.78, 5) is 22.9. The number of aromatic amines is 1. The normalized spacial score (nSPS) is 16.4. The third-order valence-electron chi connectivity index (χ3n) is 3.49. The Morgan fingerprint density at radius 2 is 2.11 bits per heavy atom. The second-order valence-electron chi connectivity index (χ2n) is 4.84. The summed E-state index contributed by atoms with van der Waals surface area (Å²) in [6.07, 6.45) is 5.31. The summed E-state index contributed by atoms with van der Waals surface area (Å²) in [5.41, 5.74) is 0.0125. The van der Waals surface area contributed by atoms with Crippen LogP contribution in [-0.2, 0) is 11.2 Å². The number of nitrogens with one attached hydrogen (secondary N) is 1. The van der Waals surface area contributed by atoms with Gasteiger partial charge in [-0.05, 0) is 25.1 Å². The van der Waals surface area contributed by atoms with Crippen LogP contribution in [0.2, 0.25) is 0 Å². The van der Waals surface area contributed by atoms with E-state index in [9.17, 15) is 9.59 Å². The Balaban J connectivity index is 2.31. The molecule has 0 aromatic carbocycles. The second-order valence-corrected chi connectivity index (χ2v) is 5.22. The first kappa shape index (κ1) is 13.9. The number of carboxylic acids is 1. The lowest BCUT2D eigenvalue weighted by Gasteiger charge is -2.23. The van der Waals surface area contributed by atoms with E-state index < -0.39 is 5.97 Å². The van der Waals surface area contributed by atoms with E-state index in [4.69, 9.17) is 17.3 Å². The van der Waals surface area contributed by atoms with Gasteiger partial charge in [0.25, 0.3) is 5.56 Å². The number of H-pyrrole nitrogens is 1. The lowest BCUT2D eigenvalue weighted by molar-refractivity contribution is -0.136. The molecule has 2 N–H and O–H groups in total. The maximum atomic E-state index is 12.3. The third kappa shape index (κ3) is 3.28. The van der Waals surface area contributed by atoms with Crippen molar-refractivity contribution < 1.29 is 9.90 Å². The van der Waals surface area contributed by atoms with Gasteiger partial charge in [-0.1, -0.05) is 19.3 Å². The fraction of sp³-hybridized carbons (Fsp3) is 0.667. The highest BCUT2D eigenvalue weighted by atomic mass is 32.1. The number of aryl methyl sites for hydroxylation is 1. The lowest BCUT2D eigenvalue weighted by Crippen LogP contribution is -2.31. The molecule has 0 atom stereocenters. The SMILES string of the molecule is O=C(O)CCc1n[nH]c(=S)n(C2CCCCC2)c1=O. The number of nitrogens with zero attached hydrogens (tertiary/aromatic N) is 2. The maximum absolute atomic E-state index is 12.3. The molecule has 1 aliphatic rings. The molecule has 2 rings (SSSR count). The molecule has 0 aliphatic heterocycles. The molecule has 19 heavy (non-hydrogen) atoms. The van der Waals surface area contributed by atoms with Crippen LogP contribution in [0.25, 0.3) is 0 Å². The van der Waals surface area contributed by atoms with Crippen molar-refractivity contribution in [1.82, 2.24) is 14.8 Å². The van der Waals surface area contributed by atoms with Gasteiger partial charge in [0, 0.05) is 12.5 Å². The fourth-order valence-corrected chi connectivity index (χ4v) is 2.78. The lowest BCUT2D eigenvalue weighted by atomic mass is 9.95. The monoisotopic (exact) mass is 283 g/mol. The van der Waals surface area contributed by atoms with Crippen LogP contribution >= 0.6 is 12.2 Å². The van der Waals surface area contributed by atoms with Crippen molar-refractivity contribution >= 4 is 18.2 Å². The van der Waals surface area contributed by atoms with Crippen LogP contribution in [0.1, 0.15) is 50.3 Å². The van der Waals surface area contributed by atoms with Gasteiger partial charge in [-0.3, -0.25) is 19.3 Å². The molecule has 1 fully saturated rings. The average molecular weight is 283 g/mol. The molecule has 0 saturated heterocycles. The number of carboxylic acid groups (broad SMARTS) is 1. The number of hydrogen-bond acceptors (Lipinski definition) is 4. The van der Waals surface area contributed by atoms with E-state index in [1.165, 1.54) is 6.42 Å². The molecular formula is C12H17N3O3S. The number of aliphatic carboxylic acids is 1. The van der Waals surface area contributed by atoms with Crippen LogP contribution in [0.5, 0.6) is 0 Å². The number of hydrogen-bond donors (Lipinski definition) is 2. The Morgan fingerprint density at radius 1 is 1.42 bits per heavy atom. The molecule has 1 aromatic rings. The smallest absolute Gasteiger partial charge is 0.303 e. The summed E-state index contributed by atoms with van der Waals surface area (Å²) in [6, 6.07) is 0.122. The zero-order valence-corrected chi connectivity index (χ0v) is 11.4. The van der Waals surface area contributed by atoms with Gasteiger partial charge in [0.15, 0.2) is 4.77 Å². The molecule has 0 bridgehead atoms. The quantitative estimate of drug-likeness (QED) is 0.823. The van der Waals surface area contributed by atoms with E-state index in [0.717, 1.165) is 25.7 Å². The minimum Gasteiger partial charge on any atom is -0.481 e. The van der Waals surface area contributed by atoms with Crippen LogP contribution in [-0.4, -0.2) is 25.8 Å². The van der Waals surface area contributed by atoms with E-state index in [-0.39, 0.29) is 30.1 Å². The Labute approximate surface area is 115 Å². The van der Waals surface area contributed by atoms with Crippen molar-refractivity contribution in [3.05, 3.63) is 20.8 Å². The molecule has 0 unspecified atom stereocenters. The minimum atomic E-state index is -0.937. The van der Waals surface area contributed by atoms with E-state index in [1.54, 1.807) is 4.57 Å². The number of carbonyl (C=O) groups is 1. The Kier molecular flexibility index (Phi) is 4.47. The second kappa shape index (κ2) is 6.10. The first-order chi connectivity index (χ1) is 9.09. The topological polar surface area (TPSA) is 88.0 Å². The van der Waals surface area contributed by atoms with Crippen molar-refractivity contribution in [3.63, 3.8) is 0 Å². The Hall–Kier alpha value is -1.50. The molecule has 0 amide bonds. The van der Waals surface area contributed by atoms with Crippen molar-refractivity contribution in [2.45, 2.75) is 51.0 Å². The first-order valence-electron chi connectivity index (χ1n) is 6.51. The number of rotatable bonds is 4. The van der Waals surface area contributed by atoms with Gasteiger partial charge in [-0.15, -0.1) is 0 Å². The van der Waals surface area contributed by atoms with E-state index in [0.29, 0.717) is 4.77 Å². The van der Waals surface area contributed by atoms with Gasteiger partial charge < -0.3 is 5.11 Å². The highest BCUT2D eigenvalue weighted by molar-refractivity contribution is 7.71. The largest absolute Gasteiger partial charge is 0.481 e. The highest BCUT2D eigenvalue weighted by Crippen LogP contribution is 2.26. The predicted molar refractivity (Wildman–Crippen MR) is 71.8 cm³/mol. The molecule has 0 spiro atoms. The zero-order valence-electron chi connectivity index (χ0n) is 10.6. The van der Waals surface area contributed by atoms with Crippen LogP contribution in [0.15, 0.2) is 4.79 Å². The zero-order chi connectivity index (χ0) is 13.8. The van der Waals surface area contributed by atoms with Crippen LogP contribution < -0.4 is 5.56 Å². The van der Waals surface area contributed by atoms with Gasteiger partial charge in [0.2, 0.25) is 0 Å². The first-order valence-corrected chi connectivity index (χ1v) is 6.92. The fourth-order valence-electron chi connectivity index (χ4n) is 2.51. The molecule has 1 aromatic heterocycles. The summed E-state index contributed by atoms with van der Waals surface area (Å²) in [6.45, 7) is 0.